The van der Waals surface area contributed by atoms with Crippen molar-refractivity contribution < 1.29 is 23.2 Å². The Morgan fingerprint density at radius 3 is 1.69 bits per heavy atom. The van der Waals surface area contributed by atoms with Gasteiger partial charge >= 0.3 is 21.5 Å². The van der Waals surface area contributed by atoms with Gasteiger partial charge in [0.15, 0.2) is 0 Å². The van der Waals surface area contributed by atoms with E-state index in [0.717, 1.165) is 25.7 Å². The zero-order valence-electron chi connectivity index (χ0n) is 16.0. The van der Waals surface area contributed by atoms with Crippen molar-refractivity contribution in [1.29, 1.82) is 0 Å². The molecule has 1 N–H and O–H groups in total. The molecule has 2 fully saturated rings. The van der Waals surface area contributed by atoms with Crippen LogP contribution < -0.4 is 0 Å². The van der Waals surface area contributed by atoms with Crippen molar-refractivity contribution in [3.8, 4) is 0 Å². The third-order valence-corrected chi connectivity index (χ3v) is 6.26. The summed E-state index contributed by atoms with van der Waals surface area (Å²) in [6.07, 6.45) is 11.8. The summed E-state index contributed by atoms with van der Waals surface area (Å²) in [5.74, 6) is -0.420. The van der Waals surface area contributed by atoms with E-state index in [0.29, 0.717) is 17.4 Å². The Morgan fingerprint density at radius 2 is 1.27 bits per heavy atom. The third-order valence-electron chi connectivity index (χ3n) is 5.54. The average molecular weight is 380 g/mol. The molecular weight excluding hydrogens is 348 g/mol. The SMILES string of the molecule is C=C(C)C(=O)O[Si](O)OC(=O)C(C)=C(C1CCCCC1)C1CCCCC1. The van der Waals surface area contributed by atoms with Gasteiger partial charge in [-0.05, 0) is 51.4 Å². The first-order chi connectivity index (χ1) is 12.4. The van der Waals surface area contributed by atoms with Crippen LogP contribution >= 0.6 is 0 Å². The highest BCUT2D eigenvalue weighted by Crippen LogP contribution is 2.41. The molecule has 0 aliphatic heterocycles. The van der Waals surface area contributed by atoms with E-state index in [2.05, 4.69) is 6.58 Å². The number of allylic oxidation sites excluding steroid dienone is 1. The fourth-order valence-corrected chi connectivity index (χ4v) is 4.92. The summed E-state index contributed by atoms with van der Waals surface area (Å²) in [5.41, 5.74) is 2.00. The molecule has 2 rings (SSSR count). The van der Waals surface area contributed by atoms with E-state index in [9.17, 15) is 14.4 Å². The lowest BCUT2D eigenvalue weighted by molar-refractivity contribution is -0.138. The first-order valence-electron chi connectivity index (χ1n) is 9.76. The molecule has 0 spiro atoms. The predicted octanol–water partition coefficient (Wildman–Crippen LogP) is 4.10. The smallest absolute Gasteiger partial charge is 0.458 e. The fourth-order valence-electron chi connectivity index (χ4n) is 4.23. The number of carbonyl (C=O) groups is 2. The molecule has 145 valence electrons. The van der Waals surface area contributed by atoms with Crippen LogP contribution in [0.4, 0.5) is 0 Å². The van der Waals surface area contributed by atoms with Crippen molar-refractivity contribution in [1.82, 2.24) is 0 Å². The molecule has 2 saturated carbocycles. The molecule has 0 unspecified atom stereocenters. The second kappa shape index (κ2) is 10.1. The van der Waals surface area contributed by atoms with Crippen LogP contribution in [0, 0.1) is 11.8 Å². The van der Waals surface area contributed by atoms with E-state index in [1.807, 2.05) is 0 Å². The molecule has 6 heteroatoms. The standard InChI is InChI=1S/C20H31O5Si/c1-14(2)19(21)24-26(23)25-20(22)15(3)18(16-10-6-4-7-11-16)17-12-8-5-9-13-17/h16-17,23H,1,4-13H2,2-3H3. The molecule has 2 aliphatic rings. The van der Waals surface area contributed by atoms with Crippen LogP contribution in [-0.4, -0.2) is 26.3 Å². The minimum atomic E-state index is -2.96. The summed E-state index contributed by atoms with van der Waals surface area (Å²) in [6.45, 7) is 6.74. The molecule has 26 heavy (non-hydrogen) atoms. The van der Waals surface area contributed by atoms with Gasteiger partial charge < -0.3 is 13.6 Å². The van der Waals surface area contributed by atoms with E-state index in [4.69, 9.17) is 8.85 Å². The van der Waals surface area contributed by atoms with Crippen LogP contribution in [0.1, 0.15) is 78.1 Å². The van der Waals surface area contributed by atoms with E-state index >= 15 is 0 Å². The van der Waals surface area contributed by atoms with Crippen molar-refractivity contribution in [2.24, 2.45) is 11.8 Å². The summed E-state index contributed by atoms with van der Waals surface area (Å²) < 4.78 is 9.83. The van der Waals surface area contributed by atoms with Crippen LogP contribution in [-0.2, 0) is 18.4 Å². The van der Waals surface area contributed by atoms with Gasteiger partial charge in [-0.1, -0.05) is 50.7 Å². The van der Waals surface area contributed by atoms with E-state index in [-0.39, 0.29) is 5.57 Å². The summed E-state index contributed by atoms with van der Waals surface area (Å²) in [7, 11) is -2.96. The van der Waals surface area contributed by atoms with Crippen LogP contribution in [0.25, 0.3) is 0 Å². The van der Waals surface area contributed by atoms with Crippen LogP contribution in [0.5, 0.6) is 0 Å². The Labute approximate surface area is 158 Å². The Morgan fingerprint density at radius 1 is 0.846 bits per heavy atom. The van der Waals surface area contributed by atoms with Crippen molar-refractivity contribution in [3.05, 3.63) is 23.3 Å². The van der Waals surface area contributed by atoms with Crippen LogP contribution in [0.15, 0.2) is 23.3 Å². The molecule has 0 aromatic heterocycles. The quantitative estimate of drug-likeness (QED) is 0.555. The fraction of sp³-hybridized carbons (Fsp3) is 0.700. The second-order valence-electron chi connectivity index (χ2n) is 7.58. The van der Waals surface area contributed by atoms with Crippen LogP contribution in [0.2, 0.25) is 0 Å². The summed E-state index contributed by atoms with van der Waals surface area (Å²) >= 11 is 0. The molecule has 5 nitrogen and oxygen atoms in total. The largest absolute Gasteiger partial charge is 0.738 e. The molecule has 0 atom stereocenters. The van der Waals surface area contributed by atoms with E-state index < -0.39 is 21.5 Å². The molecular formula is C20H31O5Si. The first kappa shape index (κ1) is 20.9. The van der Waals surface area contributed by atoms with Gasteiger partial charge in [0.05, 0.1) is 0 Å². The number of rotatable bonds is 6. The van der Waals surface area contributed by atoms with Crippen molar-refractivity contribution in [2.45, 2.75) is 78.1 Å². The summed E-state index contributed by atoms with van der Waals surface area (Å²) in [5, 5.41) is 0. The third kappa shape index (κ3) is 5.81. The normalized spacial score (nSPS) is 19.1. The highest BCUT2D eigenvalue weighted by molar-refractivity contribution is 6.41. The zero-order chi connectivity index (χ0) is 19.1. The maximum Gasteiger partial charge on any atom is 0.738 e. The van der Waals surface area contributed by atoms with Gasteiger partial charge in [-0.15, -0.1) is 0 Å². The predicted molar refractivity (Wildman–Crippen MR) is 101 cm³/mol. The lowest BCUT2D eigenvalue weighted by atomic mass is 9.72. The van der Waals surface area contributed by atoms with E-state index in [1.54, 1.807) is 6.92 Å². The van der Waals surface area contributed by atoms with Gasteiger partial charge in [0.1, 0.15) is 0 Å². The molecule has 1 radical (unpaired) electrons. The van der Waals surface area contributed by atoms with Gasteiger partial charge in [0, 0.05) is 11.1 Å². The van der Waals surface area contributed by atoms with Crippen LogP contribution in [0.3, 0.4) is 0 Å². The van der Waals surface area contributed by atoms with Gasteiger partial charge in [0.25, 0.3) is 0 Å². The highest BCUT2D eigenvalue weighted by atomic mass is 28.3. The second-order valence-corrected chi connectivity index (χ2v) is 8.52. The van der Waals surface area contributed by atoms with Crippen molar-refractivity contribution >= 4 is 21.5 Å². The van der Waals surface area contributed by atoms with Gasteiger partial charge in [-0.3, -0.25) is 0 Å². The van der Waals surface area contributed by atoms with Gasteiger partial charge in [-0.25, -0.2) is 9.59 Å². The molecule has 0 heterocycles. The minimum absolute atomic E-state index is 0.162. The molecule has 2 aliphatic carbocycles. The average Bonchev–Trinajstić information content (AvgIpc) is 2.63. The Balaban J connectivity index is 2.13. The lowest BCUT2D eigenvalue weighted by Gasteiger charge is -2.33. The number of hydrogen-bond donors (Lipinski definition) is 1. The molecule has 0 saturated heterocycles. The van der Waals surface area contributed by atoms with Gasteiger partial charge in [-0.2, -0.15) is 0 Å². The Bertz CT molecular complexity index is 537. The summed E-state index contributed by atoms with van der Waals surface area (Å²) in [4.78, 5) is 33.9. The van der Waals surface area contributed by atoms with Crippen molar-refractivity contribution in [2.75, 3.05) is 0 Å². The topological polar surface area (TPSA) is 72.8 Å². The highest BCUT2D eigenvalue weighted by Gasteiger charge is 2.32. The maximum absolute atomic E-state index is 12.6. The summed E-state index contributed by atoms with van der Waals surface area (Å²) in [6, 6.07) is 0. The molecule has 0 bridgehead atoms. The maximum atomic E-state index is 12.6. The lowest BCUT2D eigenvalue weighted by Crippen LogP contribution is -2.31. The Kier molecular flexibility index (Phi) is 8.09. The van der Waals surface area contributed by atoms with Crippen molar-refractivity contribution in [3.63, 3.8) is 0 Å². The minimum Gasteiger partial charge on any atom is -0.458 e. The number of hydrogen-bond acceptors (Lipinski definition) is 5. The first-order valence-corrected chi connectivity index (χ1v) is 11.0. The van der Waals surface area contributed by atoms with E-state index in [1.165, 1.54) is 51.0 Å². The monoisotopic (exact) mass is 379 g/mol. The molecule has 0 amide bonds. The zero-order valence-corrected chi connectivity index (χ0v) is 17.0. The van der Waals surface area contributed by atoms with Gasteiger partial charge in [0.2, 0.25) is 0 Å². The Hall–Kier alpha value is -1.40. The molecule has 0 aromatic rings. The molecule has 0 aromatic carbocycles. The number of carbonyl (C=O) groups excluding carboxylic acids is 2.